The maximum atomic E-state index is 6.95. The van der Waals surface area contributed by atoms with Crippen LogP contribution in [-0.4, -0.2) is 24.1 Å². The van der Waals surface area contributed by atoms with Crippen molar-refractivity contribution in [1.29, 1.82) is 0 Å². The van der Waals surface area contributed by atoms with Crippen LogP contribution in [0.5, 0.6) is 0 Å². The summed E-state index contributed by atoms with van der Waals surface area (Å²) in [5.74, 6) is 1.82. The number of rotatable bonds is 7. The Kier molecular flexibility index (Phi) is 8.79. The highest BCUT2D eigenvalue weighted by Crippen LogP contribution is 2.43. The first-order chi connectivity index (χ1) is 34.2. The fraction of sp³-hybridized carbons (Fsp3) is 0. The van der Waals surface area contributed by atoms with Gasteiger partial charge >= 0.3 is 0 Å². The molecule has 69 heavy (non-hydrogen) atoms. The van der Waals surface area contributed by atoms with Gasteiger partial charge in [-0.3, -0.25) is 0 Å². The van der Waals surface area contributed by atoms with Crippen molar-refractivity contribution in [2.75, 3.05) is 0 Å². The highest BCUT2D eigenvalue weighted by atomic mass is 16.3. The number of nitrogens with zero attached hydrogens (tertiary/aromatic N) is 5. The van der Waals surface area contributed by atoms with Crippen LogP contribution in [0.25, 0.3) is 133 Å². The maximum absolute atomic E-state index is 6.95. The van der Waals surface area contributed by atoms with Gasteiger partial charge in [0.25, 0.3) is 0 Å². The van der Waals surface area contributed by atoms with E-state index in [1.165, 1.54) is 32.9 Å². The molecule has 0 N–H and O–H groups in total. The molecule has 4 heterocycles. The van der Waals surface area contributed by atoms with E-state index < -0.39 is 0 Å². The van der Waals surface area contributed by atoms with E-state index in [-0.39, 0.29) is 0 Å². The van der Waals surface area contributed by atoms with Crippen molar-refractivity contribution in [1.82, 2.24) is 24.1 Å². The summed E-state index contributed by atoms with van der Waals surface area (Å²) in [6.45, 7) is 0. The Labute approximate surface area is 396 Å². The second kappa shape index (κ2) is 15.6. The Morgan fingerprint density at radius 2 is 0.768 bits per heavy atom. The molecule has 0 aliphatic heterocycles. The largest absolute Gasteiger partial charge is 0.454 e. The van der Waals surface area contributed by atoms with E-state index in [4.69, 9.17) is 19.4 Å². The van der Waals surface area contributed by atoms with E-state index in [1.54, 1.807) is 0 Å². The quantitative estimate of drug-likeness (QED) is 0.160. The van der Waals surface area contributed by atoms with Crippen molar-refractivity contribution in [2.24, 2.45) is 0 Å². The van der Waals surface area contributed by atoms with Gasteiger partial charge in [-0.1, -0.05) is 176 Å². The van der Waals surface area contributed by atoms with Crippen LogP contribution < -0.4 is 0 Å². The zero-order valence-electron chi connectivity index (χ0n) is 37.2. The highest BCUT2D eigenvalue weighted by Gasteiger charge is 2.22. The summed E-state index contributed by atoms with van der Waals surface area (Å²) in [6, 6.07) is 83.2. The van der Waals surface area contributed by atoms with Crippen molar-refractivity contribution >= 4 is 65.6 Å². The number of aromatic nitrogens is 5. The summed E-state index contributed by atoms with van der Waals surface area (Å²) >= 11 is 0. The van der Waals surface area contributed by atoms with Crippen molar-refractivity contribution in [3.05, 3.63) is 237 Å². The highest BCUT2D eigenvalue weighted by molar-refractivity contribution is 6.22. The molecule has 0 unspecified atom stereocenters. The van der Waals surface area contributed by atoms with Gasteiger partial charge in [0.05, 0.1) is 22.1 Å². The standard InChI is InChI=1S/C63H39N5O/c1-4-15-40(16-5-1)44-19-14-20-45(37-44)41-27-29-43(30-28-41)62-64-61(42-17-6-2-7-18-42)65-63(66-62)46-31-33-51-52-34-35-53-54-39-48(67-55-25-12-10-23-49(55)50-24-11-13-26-56(50)67)32-36-58(54)69-60(53)59(52)68(57(51)38-46)47-21-8-3-9-22-47/h1-39H. The molecule has 0 aliphatic rings. The molecule has 0 amide bonds. The molecule has 4 aromatic heterocycles. The molecule has 0 fully saturated rings. The minimum atomic E-state index is 0.594. The minimum Gasteiger partial charge on any atom is -0.454 e. The lowest BCUT2D eigenvalue weighted by Crippen LogP contribution is -2.00. The van der Waals surface area contributed by atoms with Gasteiger partial charge in [0.15, 0.2) is 23.1 Å². The molecule has 322 valence electrons. The monoisotopic (exact) mass is 881 g/mol. The van der Waals surface area contributed by atoms with Crippen LogP contribution in [-0.2, 0) is 0 Å². The van der Waals surface area contributed by atoms with Gasteiger partial charge in [-0.2, -0.15) is 0 Å². The average molecular weight is 882 g/mol. The smallest absolute Gasteiger partial charge is 0.164 e. The molecule has 0 spiro atoms. The van der Waals surface area contributed by atoms with Gasteiger partial charge < -0.3 is 13.6 Å². The molecule has 0 aliphatic carbocycles. The second-order valence-corrected chi connectivity index (χ2v) is 17.6. The minimum absolute atomic E-state index is 0.594. The first-order valence-electron chi connectivity index (χ1n) is 23.3. The van der Waals surface area contributed by atoms with E-state index in [2.05, 4.69) is 209 Å². The third kappa shape index (κ3) is 6.38. The van der Waals surface area contributed by atoms with Crippen LogP contribution in [0.2, 0.25) is 0 Å². The van der Waals surface area contributed by atoms with E-state index in [9.17, 15) is 0 Å². The van der Waals surface area contributed by atoms with Crippen molar-refractivity contribution < 1.29 is 4.42 Å². The van der Waals surface area contributed by atoms with E-state index in [0.29, 0.717) is 17.5 Å². The Morgan fingerprint density at radius 3 is 1.45 bits per heavy atom. The topological polar surface area (TPSA) is 61.7 Å². The molecule has 6 nitrogen and oxygen atoms in total. The molecule has 0 radical (unpaired) electrons. The third-order valence-electron chi connectivity index (χ3n) is 13.6. The summed E-state index contributed by atoms with van der Waals surface area (Å²) in [4.78, 5) is 15.5. The Hall–Kier alpha value is -9.39. The average Bonchev–Trinajstić information content (AvgIpc) is 4.09. The second-order valence-electron chi connectivity index (χ2n) is 17.6. The lowest BCUT2D eigenvalue weighted by atomic mass is 9.98. The molecule has 0 saturated carbocycles. The van der Waals surface area contributed by atoms with Crippen LogP contribution in [0.1, 0.15) is 0 Å². The van der Waals surface area contributed by atoms with Crippen LogP contribution in [0.3, 0.4) is 0 Å². The normalized spacial score (nSPS) is 11.8. The maximum Gasteiger partial charge on any atom is 0.164 e. The van der Waals surface area contributed by atoms with E-state index in [0.717, 1.165) is 82.9 Å². The van der Waals surface area contributed by atoms with Gasteiger partial charge in [0.1, 0.15) is 5.58 Å². The predicted octanol–water partition coefficient (Wildman–Crippen LogP) is 16.3. The zero-order chi connectivity index (χ0) is 45.4. The summed E-state index contributed by atoms with van der Waals surface area (Å²) in [5.41, 5.74) is 15.5. The third-order valence-corrected chi connectivity index (χ3v) is 13.6. The van der Waals surface area contributed by atoms with Crippen LogP contribution >= 0.6 is 0 Å². The predicted molar refractivity (Wildman–Crippen MR) is 283 cm³/mol. The number of benzene rings is 10. The van der Waals surface area contributed by atoms with Gasteiger partial charge in [-0.05, 0) is 82.9 Å². The molecule has 0 atom stereocenters. The Balaban J connectivity index is 0.922. The fourth-order valence-corrected chi connectivity index (χ4v) is 10.3. The lowest BCUT2D eigenvalue weighted by molar-refractivity contribution is 0.671. The van der Waals surface area contributed by atoms with Crippen molar-refractivity contribution in [3.8, 4) is 67.8 Å². The molecule has 14 aromatic rings. The van der Waals surface area contributed by atoms with Crippen LogP contribution in [0.15, 0.2) is 241 Å². The van der Waals surface area contributed by atoms with Crippen LogP contribution in [0, 0.1) is 0 Å². The van der Waals surface area contributed by atoms with Crippen molar-refractivity contribution in [3.63, 3.8) is 0 Å². The fourth-order valence-electron chi connectivity index (χ4n) is 10.3. The summed E-state index contributed by atoms with van der Waals surface area (Å²) in [5, 5.41) is 6.81. The van der Waals surface area contributed by atoms with Gasteiger partial charge in [-0.25, -0.2) is 15.0 Å². The Morgan fingerprint density at radius 1 is 0.275 bits per heavy atom. The molecular weight excluding hydrogens is 843 g/mol. The number of fused-ring (bicyclic) bond motifs is 10. The van der Waals surface area contributed by atoms with Crippen LogP contribution in [0.4, 0.5) is 0 Å². The molecule has 14 rings (SSSR count). The summed E-state index contributed by atoms with van der Waals surface area (Å²) < 4.78 is 11.6. The number of para-hydroxylation sites is 3. The zero-order valence-corrected chi connectivity index (χ0v) is 37.2. The van der Waals surface area contributed by atoms with E-state index >= 15 is 0 Å². The Bertz CT molecular complexity index is 4230. The molecule has 0 bridgehead atoms. The molecular formula is C63H39N5O. The summed E-state index contributed by atoms with van der Waals surface area (Å²) in [6.07, 6.45) is 0. The number of hydrogen-bond acceptors (Lipinski definition) is 4. The van der Waals surface area contributed by atoms with E-state index in [1.807, 2.05) is 36.4 Å². The molecule has 6 heteroatoms. The molecule has 0 saturated heterocycles. The lowest BCUT2D eigenvalue weighted by Gasteiger charge is -2.11. The summed E-state index contributed by atoms with van der Waals surface area (Å²) in [7, 11) is 0. The van der Waals surface area contributed by atoms with Gasteiger partial charge in [-0.15, -0.1) is 0 Å². The van der Waals surface area contributed by atoms with Gasteiger partial charge in [0.2, 0.25) is 0 Å². The molecule has 10 aromatic carbocycles. The first kappa shape index (κ1) is 38.8. The first-order valence-corrected chi connectivity index (χ1v) is 23.3. The SMILES string of the molecule is c1ccc(-c2cccc(-c3ccc(-c4nc(-c5ccccc5)nc(-c5ccc6c7ccc8c9cc(-n%10c%11ccccc%11c%11ccccc%11%10)ccc9oc8c7n(-c7ccccc7)c6c5)n4)cc3)c2)cc1. The van der Waals surface area contributed by atoms with Crippen molar-refractivity contribution in [2.45, 2.75) is 0 Å². The number of furan rings is 1. The number of hydrogen-bond donors (Lipinski definition) is 0. The van der Waals surface area contributed by atoms with Gasteiger partial charge in [0, 0.05) is 60.4 Å².